The monoisotopic (exact) mass is 448 g/mol. The van der Waals surface area contributed by atoms with Crippen molar-refractivity contribution in [1.29, 1.82) is 0 Å². The van der Waals surface area contributed by atoms with Gasteiger partial charge in [-0.3, -0.25) is 14.4 Å². The minimum absolute atomic E-state index is 0.0490. The number of hydroxylamine groups is 1. The van der Waals surface area contributed by atoms with E-state index in [9.17, 15) is 19.5 Å². The second-order valence-electron chi connectivity index (χ2n) is 7.54. The number of hydrogen-bond donors (Lipinski definition) is 1. The van der Waals surface area contributed by atoms with Gasteiger partial charge in [0.1, 0.15) is 5.92 Å². The van der Waals surface area contributed by atoms with Crippen molar-refractivity contribution in [2.24, 2.45) is 5.92 Å². The summed E-state index contributed by atoms with van der Waals surface area (Å²) in [6, 6.07) is 21.0. The largest absolute Gasteiger partial charge is 0.478 e. The van der Waals surface area contributed by atoms with E-state index < -0.39 is 35.8 Å². The molecule has 2 fully saturated rings. The maximum Gasteiger partial charge on any atom is 0.336 e. The number of carbonyl (C=O) groups is 3. The summed E-state index contributed by atoms with van der Waals surface area (Å²) >= 11 is 5.95. The van der Waals surface area contributed by atoms with E-state index in [1.54, 1.807) is 66.7 Å². The highest BCUT2D eigenvalue weighted by Crippen LogP contribution is 2.48. The molecule has 2 saturated heterocycles. The summed E-state index contributed by atoms with van der Waals surface area (Å²) in [6.07, 6.45) is -1.08. The maximum atomic E-state index is 13.5. The van der Waals surface area contributed by atoms with E-state index in [2.05, 4.69) is 0 Å². The minimum atomic E-state index is -1.12. The normalized spacial score (nSPS) is 22.3. The summed E-state index contributed by atoms with van der Waals surface area (Å²) in [5.41, 5.74) is 1.45. The Balaban J connectivity index is 1.63. The summed E-state index contributed by atoms with van der Waals surface area (Å²) in [7, 11) is 0. The quantitative estimate of drug-likeness (QED) is 0.605. The van der Waals surface area contributed by atoms with E-state index in [0.29, 0.717) is 22.0 Å². The van der Waals surface area contributed by atoms with Crippen LogP contribution in [0, 0.1) is 5.92 Å². The molecule has 160 valence electrons. The fourth-order valence-electron chi connectivity index (χ4n) is 4.32. The molecule has 0 radical (unpaired) electrons. The van der Waals surface area contributed by atoms with Crippen molar-refractivity contribution in [2.75, 3.05) is 9.96 Å². The molecule has 0 spiro atoms. The first kappa shape index (κ1) is 20.2. The molecule has 0 bridgehead atoms. The van der Waals surface area contributed by atoms with Crippen LogP contribution in [0.25, 0.3) is 0 Å². The molecule has 3 unspecified atom stereocenters. The molecule has 3 aromatic rings. The highest BCUT2D eigenvalue weighted by Gasteiger charge is 2.60. The lowest BCUT2D eigenvalue weighted by atomic mass is 9.88. The van der Waals surface area contributed by atoms with E-state index >= 15 is 0 Å². The van der Waals surface area contributed by atoms with E-state index in [4.69, 9.17) is 16.4 Å². The molecule has 2 heterocycles. The fraction of sp³-hybridized carbons (Fsp3) is 0.125. The van der Waals surface area contributed by atoms with Crippen LogP contribution in [0.1, 0.15) is 22.0 Å². The Hall–Kier alpha value is -3.68. The number of hydrogen-bond acceptors (Lipinski definition) is 5. The first-order valence-electron chi connectivity index (χ1n) is 9.94. The number of para-hydroxylation sites is 1. The SMILES string of the molecule is O=C(O)c1ccccc1C1C2C(=O)N(c3ccc(Cl)cc3)C(=O)C2ON1c1ccccc1. The predicted octanol–water partition coefficient (Wildman–Crippen LogP) is 4.09. The molecule has 3 atom stereocenters. The summed E-state index contributed by atoms with van der Waals surface area (Å²) in [5.74, 6) is -2.99. The molecule has 2 aliphatic rings. The molecular formula is C24H17ClN2O5. The molecule has 3 aromatic carbocycles. The number of carboxylic acid groups (broad SMARTS) is 1. The van der Waals surface area contributed by atoms with E-state index in [1.807, 2.05) is 6.07 Å². The molecular weight excluding hydrogens is 432 g/mol. The zero-order valence-corrected chi connectivity index (χ0v) is 17.3. The number of aromatic carboxylic acids is 1. The number of imide groups is 1. The molecule has 7 nitrogen and oxygen atoms in total. The van der Waals surface area contributed by atoms with Crippen molar-refractivity contribution in [3.05, 3.63) is 95.0 Å². The van der Waals surface area contributed by atoms with Gasteiger partial charge in [-0.15, -0.1) is 0 Å². The van der Waals surface area contributed by atoms with Gasteiger partial charge in [-0.25, -0.2) is 14.8 Å². The third-order valence-corrected chi connectivity index (χ3v) is 5.97. The molecule has 2 amide bonds. The number of amides is 2. The number of carbonyl (C=O) groups excluding carboxylic acids is 2. The van der Waals surface area contributed by atoms with Crippen LogP contribution in [0.2, 0.25) is 5.02 Å². The number of halogens is 1. The second kappa shape index (κ2) is 7.78. The highest BCUT2D eigenvalue weighted by molar-refractivity contribution is 6.31. The van der Waals surface area contributed by atoms with E-state index in [-0.39, 0.29) is 5.56 Å². The molecule has 8 heteroatoms. The van der Waals surface area contributed by atoms with Gasteiger partial charge in [0.05, 0.1) is 23.0 Å². The molecule has 5 rings (SSSR count). The summed E-state index contributed by atoms with van der Waals surface area (Å²) in [4.78, 5) is 45.9. The van der Waals surface area contributed by atoms with Crippen LogP contribution < -0.4 is 9.96 Å². The van der Waals surface area contributed by atoms with Gasteiger partial charge in [-0.2, -0.15) is 0 Å². The topological polar surface area (TPSA) is 87.2 Å². The van der Waals surface area contributed by atoms with Crippen LogP contribution in [0.15, 0.2) is 78.9 Å². The lowest BCUT2D eigenvalue weighted by molar-refractivity contribution is -0.126. The van der Waals surface area contributed by atoms with Crippen LogP contribution in [0.4, 0.5) is 11.4 Å². The van der Waals surface area contributed by atoms with Crippen LogP contribution in [-0.4, -0.2) is 29.0 Å². The Bertz CT molecular complexity index is 1210. The van der Waals surface area contributed by atoms with Crippen LogP contribution in [-0.2, 0) is 14.4 Å². The fourth-order valence-corrected chi connectivity index (χ4v) is 4.45. The molecule has 2 aliphatic heterocycles. The Morgan fingerprint density at radius 2 is 1.50 bits per heavy atom. The Morgan fingerprint density at radius 3 is 2.19 bits per heavy atom. The Morgan fingerprint density at radius 1 is 0.844 bits per heavy atom. The summed E-state index contributed by atoms with van der Waals surface area (Å²) in [6.45, 7) is 0. The first-order valence-corrected chi connectivity index (χ1v) is 10.3. The smallest absolute Gasteiger partial charge is 0.336 e. The molecule has 1 N–H and O–H groups in total. The Kier molecular flexibility index (Phi) is 4.92. The van der Waals surface area contributed by atoms with Crippen molar-refractivity contribution in [3.63, 3.8) is 0 Å². The van der Waals surface area contributed by atoms with Gasteiger partial charge < -0.3 is 5.11 Å². The Labute approximate surface area is 188 Å². The van der Waals surface area contributed by atoms with Gasteiger partial charge in [0.2, 0.25) is 5.91 Å². The molecule has 0 aromatic heterocycles. The van der Waals surface area contributed by atoms with E-state index in [0.717, 1.165) is 4.90 Å². The molecule has 0 saturated carbocycles. The van der Waals surface area contributed by atoms with Gasteiger partial charge in [0.25, 0.3) is 5.91 Å². The van der Waals surface area contributed by atoms with Gasteiger partial charge in [0, 0.05) is 5.02 Å². The van der Waals surface area contributed by atoms with Crippen LogP contribution >= 0.6 is 11.6 Å². The average molecular weight is 449 g/mol. The minimum Gasteiger partial charge on any atom is -0.478 e. The third-order valence-electron chi connectivity index (χ3n) is 5.72. The van der Waals surface area contributed by atoms with Gasteiger partial charge in [0.15, 0.2) is 6.10 Å². The van der Waals surface area contributed by atoms with Crippen molar-refractivity contribution < 1.29 is 24.3 Å². The van der Waals surface area contributed by atoms with Crippen molar-refractivity contribution in [2.45, 2.75) is 12.1 Å². The predicted molar refractivity (Wildman–Crippen MR) is 117 cm³/mol. The maximum absolute atomic E-state index is 13.5. The number of rotatable bonds is 4. The van der Waals surface area contributed by atoms with Crippen molar-refractivity contribution in [1.82, 2.24) is 0 Å². The number of benzene rings is 3. The van der Waals surface area contributed by atoms with Crippen molar-refractivity contribution in [3.8, 4) is 0 Å². The van der Waals surface area contributed by atoms with Gasteiger partial charge >= 0.3 is 5.97 Å². The van der Waals surface area contributed by atoms with Crippen LogP contribution in [0.5, 0.6) is 0 Å². The second-order valence-corrected chi connectivity index (χ2v) is 7.98. The van der Waals surface area contributed by atoms with Crippen molar-refractivity contribution >= 4 is 40.8 Å². The van der Waals surface area contributed by atoms with E-state index in [1.165, 1.54) is 11.1 Å². The number of carboxylic acids is 1. The zero-order chi connectivity index (χ0) is 22.4. The summed E-state index contributed by atoms with van der Waals surface area (Å²) < 4.78 is 0. The number of fused-ring (bicyclic) bond motifs is 1. The third kappa shape index (κ3) is 3.14. The average Bonchev–Trinajstić information content (AvgIpc) is 3.31. The standard InChI is InChI=1S/C24H17ClN2O5/c25-14-10-12-15(13-11-14)26-22(28)19-20(17-8-4-5-9-18(17)24(30)31)27(32-21(19)23(26)29)16-6-2-1-3-7-16/h1-13,19-21H,(H,30,31). The zero-order valence-electron chi connectivity index (χ0n) is 16.6. The number of nitrogens with zero attached hydrogens (tertiary/aromatic N) is 2. The first-order chi connectivity index (χ1) is 15.5. The molecule has 0 aliphatic carbocycles. The lowest BCUT2D eigenvalue weighted by Crippen LogP contribution is -2.37. The molecule has 32 heavy (non-hydrogen) atoms. The number of anilines is 2. The highest BCUT2D eigenvalue weighted by atomic mass is 35.5. The summed E-state index contributed by atoms with van der Waals surface area (Å²) in [5, 5.41) is 11.7. The lowest BCUT2D eigenvalue weighted by Gasteiger charge is -2.29. The van der Waals surface area contributed by atoms with Gasteiger partial charge in [-0.05, 0) is 48.0 Å². The van der Waals surface area contributed by atoms with Crippen LogP contribution in [0.3, 0.4) is 0 Å². The van der Waals surface area contributed by atoms with Gasteiger partial charge in [-0.1, -0.05) is 48.0 Å².